The van der Waals surface area contributed by atoms with Gasteiger partial charge in [-0.2, -0.15) is 0 Å². The highest BCUT2D eigenvalue weighted by molar-refractivity contribution is 6.09. The Labute approximate surface area is 355 Å². The fourth-order valence-corrected chi connectivity index (χ4v) is 9.56. The summed E-state index contributed by atoms with van der Waals surface area (Å²) in [6.07, 6.45) is -3.14. The number of hydrogen-bond donors (Lipinski definition) is 18. The van der Waals surface area contributed by atoms with Gasteiger partial charge in [-0.05, 0) is 18.1 Å². The molecule has 18 N–H and O–H groups in total. The zero-order valence-electron chi connectivity index (χ0n) is 32.0. The summed E-state index contributed by atoms with van der Waals surface area (Å²) in [6, 6.07) is 7.01. The first-order valence-electron chi connectivity index (χ1n) is 19.0. The molecule has 0 fully saturated rings. The standard InChI is InChI=1S/C44H32O20/c45-12-8-63-44-24(39(59)42(62)41(61)25(44)40(60)26(12)46)23-37(57)35(55)22(36(56)38(23)58)19-18-16-15-17(28(48)29(18)49)14(11-6-3-5-10-9-4-1-2-7-13(9)64-43(10)11)27(47)31(51)20(15)33(53)34(54)21(16)32(52)30(19)50/h1-4,6-8,10,18,29,41-42,45-62H,5H2. The lowest BCUT2D eigenvalue weighted by molar-refractivity contribution is 0.0318. The third-order valence-electron chi connectivity index (χ3n) is 12.4. The molecule has 0 spiro atoms. The average Bonchev–Trinajstić information content (AvgIpc) is 3.62. The van der Waals surface area contributed by atoms with Crippen LogP contribution in [0.1, 0.15) is 46.1 Å². The second-order valence-corrected chi connectivity index (χ2v) is 15.6. The molecule has 4 aromatic carbocycles. The van der Waals surface area contributed by atoms with E-state index >= 15 is 0 Å². The third kappa shape index (κ3) is 4.69. The third-order valence-corrected chi connectivity index (χ3v) is 12.4. The number of ether oxygens (including phenoxy) is 2. The molecule has 6 aliphatic rings. The number of phenolic OH excluding ortho intramolecular Hbond substituents is 8. The van der Waals surface area contributed by atoms with Crippen LogP contribution in [0.4, 0.5) is 0 Å². The number of aliphatic hydroxyl groups excluding tert-OH is 10. The molecule has 0 saturated carbocycles. The van der Waals surface area contributed by atoms with E-state index in [1.165, 1.54) is 6.08 Å². The highest BCUT2D eigenvalue weighted by Crippen LogP contribution is 2.60. The van der Waals surface area contributed by atoms with Crippen LogP contribution in [0.15, 0.2) is 88.6 Å². The summed E-state index contributed by atoms with van der Waals surface area (Å²) in [5.74, 6) is -22.4. The molecule has 4 aromatic rings. The van der Waals surface area contributed by atoms with Crippen LogP contribution in [-0.2, 0) is 4.74 Å². The van der Waals surface area contributed by atoms with Gasteiger partial charge < -0.3 is 101 Å². The first kappa shape index (κ1) is 39.7. The fraction of sp³-hybridized carbons (Fsp3) is 0.136. The van der Waals surface area contributed by atoms with Crippen molar-refractivity contribution in [3.05, 3.63) is 127 Å². The number of benzene rings is 4. The molecule has 0 aromatic heterocycles. The molecular formula is C44H32O20. The molecule has 20 nitrogen and oxygen atoms in total. The van der Waals surface area contributed by atoms with Crippen molar-refractivity contribution in [2.45, 2.75) is 36.6 Å². The van der Waals surface area contributed by atoms with Gasteiger partial charge in [-0.25, -0.2) is 0 Å². The maximum atomic E-state index is 12.1. The molecule has 5 unspecified atom stereocenters. The van der Waals surface area contributed by atoms with Gasteiger partial charge in [0.15, 0.2) is 69.0 Å². The van der Waals surface area contributed by atoms with Crippen LogP contribution in [0.25, 0.3) is 39.0 Å². The van der Waals surface area contributed by atoms with Gasteiger partial charge in [-0.3, -0.25) is 0 Å². The molecule has 0 amide bonds. The quantitative estimate of drug-likeness (QED) is 0.104. The molecule has 0 saturated heterocycles. The van der Waals surface area contributed by atoms with E-state index < -0.39 is 177 Å². The van der Waals surface area contributed by atoms with Crippen molar-refractivity contribution >= 4 is 39.0 Å². The minimum Gasteiger partial charge on any atom is -0.509 e. The van der Waals surface area contributed by atoms with Crippen LogP contribution in [0, 0.1) is 0 Å². The highest BCUT2D eigenvalue weighted by Gasteiger charge is 2.49. The van der Waals surface area contributed by atoms with E-state index in [2.05, 4.69) is 0 Å². The van der Waals surface area contributed by atoms with E-state index in [0.717, 1.165) is 5.56 Å². The SMILES string of the molecule is OC1=COC2=C(C(O)=C1O)C(O)C(O)C(O)=C2c1c(O)c(O)c(C2=C(O)C(O)=c3c(O)c(O)c4c(O)c(O)c(C5=C6Oc7ccccc7C6CC=C5)c5c4c3C2C(O)C=5O)c(O)c1O. The smallest absolute Gasteiger partial charge is 0.204 e. The predicted octanol–water partition coefficient (Wildman–Crippen LogP) is 3.12. The molecule has 64 heavy (non-hydrogen) atoms. The zero-order chi connectivity index (χ0) is 45.9. The molecule has 0 bridgehead atoms. The summed E-state index contributed by atoms with van der Waals surface area (Å²) >= 11 is 0. The van der Waals surface area contributed by atoms with Crippen LogP contribution >= 0.6 is 0 Å². The van der Waals surface area contributed by atoms with Gasteiger partial charge in [0.05, 0.1) is 32.9 Å². The predicted molar refractivity (Wildman–Crippen MR) is 216 cm³/mol. The first-order chi connectivity index (χ1) is 30.3. The van der Waals surface area contributed by atoms with Gasteiger partial charge in [0, 0.05) is 44.7 Å². The number of phenols is 8. The number of allylic oxidation sites excluding steroid dienone is 5. The van der Waals surface area contributed by atoms with E-state index in [0.29, 0.717) is 18.4 Å². The maximum Gasteiger partial charge on any atom is 0.204 e. The lowest BCUT2D eigenvalue weighted by Gasteiger charge is -2.36. The van der Waals surface area contributed by atoms with Gasteiger partial charge in [0.25, 0.3) is 0 Å². The monoisotopic (exact) mass is 880 g/mol. The van der Waals surface area contributed by atoms with Crippen molar-refractivity contribution in [3.63, 3.8) is 0 Å². The molecule has 2 aliphatic heterocycles. The molecule has 20 heteroatoms. The van der Waals surface area contributed by atoms with Gasteiger partial charge >= 0.3 is 0 Å². The molecule has 2 heterocycles. The van der Waals surface area contributed by atoms with E-state index in [-0.39, 0.29) is 16.9 Å². The molecule has 10 rings (SSSR count). The van der Waals surface area contributed by atoms with Gasteiger partial charge in [-0.1, -0.05) is 30.4 Å². The van der Waals surface area contributed by atoms with E-state index in [9.17, 15) is 91.9 Å². The van der Waals surface area contributed by atoms with Crippen LogP contribution in [0.3, 0.4) is 0 Å². The molecular weight excluding hydrogens is 848 g/mol. The van der Waals surface area contributed by atoms with Crippen molar-refractivity contribution in [1.29, 1.82) is 0 Å². The molecule has 328 valence electrons. The summed E-state index contributed by atoms with van der Waals surface area (Å²) in [7, 11) is 0. The van der Waals surface area contributed by atoms with Crippen molar-refractivity contribution in [3.8, 4) is 51.7 Å². The van der Waals surface area contributed by atoms with Gasteiger partial charge in [0.2, 0.25) is 5.76 Å². The Hall–Kier alpha value is -8.46. The Kier molecular flexibility index (Phi) is 8.07. The number of aromatic hydroxyl groups is 8. The largest absolute Gasteiger partial charge is 0.509 e. The number of hydrogen-bond acceptors (Lipinski definition) is 20. The van der Waals surface area contributed by atoms with Gasteiger partial charge in [-0.15, -0.1) is 0 Å². The summed E-state index contributed by atoms with van der Waals surface area (Å²) in [4.78, 5) is 0. The minimum atomic E-state index is -2.45. The number of fused-ring (bicyclic) bond motifs is 3. The van der Waals surface area contributed by atoms with E-state index in [4.69, 9.17) is 9.47 Å². The van der Waals surface area contributed by atoms with Gasteiger partial charge in [0.1, 0.15) is 53.4 Å². The van der Waals surface area contributed by atoms with Crippen LogP contribution in [-0.4, -0.2) is 110 Å². The van der Waals surface area contributed by atoms with Crippen LogP contribution < -0.4 is 15.2 Å². The number of aliphatic hydroxyl groups is 10. The maximum absolute atomic E-state index is 12.1. The summed E-state index contributed by atoms with van der Waals surface area (Å²) in [6.45, 7) is 0. The molecule has 5 atom stereocenters. The minimum absolute atomic E-state index is 0.0811. The Morgan fingerprint density at radius 1 is 0.531 bits per heavy atom. The summed E-state index contributed by atoms with van der Waals surface area (Å²) < 4.78 is 11.4. The summed E-state index contributed by atoms with van der Waals surface area (Å²) in [5.41, 5.74) is -5.48. The Morgan fingerprint density at radius 2 is 1.16 bits per heavy atom. The van der Waals surface area contributed by atoms with Crippen molar-refractivity contribution in [1.82, 2.24) is 0 Å². The summed E-state index contributed by atoms with van der Waals surface area (Å²) in [5, 5.41) is 201. The normalized spacial score (nSPS) is 23.5. The van der Waals surface area contributed by atoms with E-state index in [1.807, 2.05) is 6.07 Å². The first-order valence-corrected chi connectivity index (χ1v) is 19.0. The molecule has 0 radical (unpaired) electrons. The fourth-order valence-electron chi connectivity index (χ4n) is 9.56. The van der Waals surface area contributed by atoms with Crippen molar-refractivity contribution in [2.24, 2.45) is 0 Å². The lowest BCUT2D eigenvalue weighted by atomic mass is 9.70. The molecule has 4 aliphatic carbocycles. The Balaban J connectivity index is 1.25. The topological polar surface area (TPSA) is 383 Å². The Bertz CT molecular complexity index is 3280. The lowest BCUT2D eigenvalue weighted by Crippen LogP contribution is -2.39. The number of rotatable bonds is 3. The van der Waals surface area contributed by atoms with Crippen molar-refractivity contribution in [2.75, 3.05) is 0 Å². The number of para-hydroxylation sites is 1. The van der Waals surface area contributed by atoms with Crippen LogP contribution in [0.2, 0.25) is 0 Å². The second-order valence-electron chi connectivity index (χ2n) is 15.6. The zero-order valence-corrected chi connectivity index (χ0v) is 32.0. The average molecular weight is 881 g/mol. The Morgan fingerprint density at radius 3 is 1.84 bits per heavy atom. The second kappa shape index (κ2) is 13.0. The van der Waals surface area contributed by atoms with E-state index in [1.54, 1.807) is 24.3 Å². The highest BCUT2D eigenvalue weighted by atomic mass is 16.5. The van der Waals surface area contributed by atoms with Crippen LogP contribution in [0.5, 0.6) is 51.7 Å². The van der Waals surface area contributed by atoms with Crippen molar-refractivity contribution < 1.29 is 101 Å².